The van der Waals surface area contributed by atoms with E-state index in [2.05, 4.69) is 0 Å². The van der Waals surface area contributed by atoms with Crippen LogP contribution < -0.4 is 11.2 Å². The molecule has 10 heteroatoms. The summed E-state index contributed by atoms with van der Waals surface area (Å²) < 4.78 is 28.5. The number of H-pyrrole nitrogens is 1. The quantitative estimate of drug-likeness (QED) is 0.532. The molecule has 1 aliphatic heterocycles. The van der Waals surface area contributed by atoms with Gasteiger partial charge in [0.15, 0.2) is 18.0 Å². The Kier molecular flexibility index (Phi) is 6.16. The van der Waals surface area contributed by atoms with Gasteiger partial charge in [-0.1, -0.05) is 36.4 Å². The number of nitrogens with zero attached hydrogens (tertiary/aromatic N) is 1. The van der Waals surface area contributed by atoms with Crippen molar-refractivity contribution in [3.8, 4) is 0 Å². The van der Waals surface area contributed by atoms with Crippen molar-refractivity contribution in [1.29, 1.82) is 0 Å². The molecule has 1 fully saturated rings. The second-order valence-electron chi connectivity index (χ2n) is 8.05. The summed E-state index contributed by atoms with van der Waals surface area (Å²) in [6.07, 6.45) is -3.19. The number of ether oxygens (including phenoxy) is 2. The zero-order valence-electron chi connectivity index (χ0n) is 18.0. The number of carbonyl (C=O) groups is 2. The van der Waals surface area contributed by atoms with Crippen LogP contribution in [0.2, 0.25) is 0 Å². The number of carboxylic acids is 1. The van der Waals surface area contributed by atoms with Crippen LogP contribution in [0.1, 0.15) is 39.4 Å². The number of esters is 1. The van der Waals surface area contributed by atoms with Gasteiger partial charge in [0.1, 0.15) is 6.10 Å². The lowest BCUT2D eigenvalue weighted by atomic mass is 9.92. The van der Waals surface area contributed by atoms with Crippen LogP contribution in [-0.4, -0.2) is 44.5 Å². The predicted molar refractivity (Wildman–Crippen MR) is 117 cm³/mol. The Hall–Kier alpha value is -4.05. The molecule has 2 N–H and O–H groups in total. The molecule has 3 aromatic rings. The first-order valence-electron chi connectivity index (χ1n) is 10.4. The van der Waals surface area contributed by atoms with E-state index in [1.54, 1.807) is 36.4 Å². The second-order valence-corrected chi connectivity index (χ2v) is 8.05. The summed E-state index contributed by atoms with van der Waals surface area (Å²) in [5.74, 6) is -1.98. The average Bonchev–Trinajstić information content (AvgIpc) is 3.04. The first-order chi connectivity index (χ1) is 16.2. The van der Waals surface area contributed by atoms with Crippen LogP contribution in [0.25, 0.3) is 0 Å². The van der Waals surface area contributed by atoms with Crippen molar-refractivity contribution in [2.45, 2.75) is 37.4 Å². The van der Waals surface area contributed by atoms with Crippen LogP contribution >= 0.6 is 0 Å². The molecule has 2 heterocycles. The molecule has 0 bridgehead atoms. The Morgan fingerprint density at radius 2 is 1.79 bits per heavy atom. The van der Waals surface area contributed by atoms with Crippen molar-refractivity contribution in [2.24, 2.45) is 0 Å². The molecule has 0 unspecified atom stereocenters. The van der Waals surface area contributed by atoms with Crippen LogP contribution in [0.3, 0.4) is 0 Å². The summed E-state index contributed by atoms with van der Waals surface area (Å²) >= 11 is 0. The lowest BCUT2D eigenvalue weighted by Gasteiger charge is -2.28. The highest BCUT2D eigenvalue weighted by atomic mass is 19.1. The molecule has 0 radical (unpaired) electrons. The fourth-order valence-electron chi connectivity index (χ4n) is 4.05. The molecule has 1 aromatic heterocycles. The van der Waals surface area contributed by atoms with Crippen molar-refractivity contribution >= 4 is 11.9 Å². The van der Waals surface area contributed by atoms with Crippen LogP contribution in [0.5, 0.6) is 0 Å². The van der Waals surface area contributed by atoms with Crippen molar-refractivity contribution in [3.05, 3.63) is 104 Å². The van der Waals surface area contributed by atoms with Crippen molar-refractivity contribution in [1.82, 2.24) is 9.55 Å². The molecule has 2 aromatic carbocycles. The lowest BCUT2D eigenvalue weighted by molar-refractivity contribution is -0.0514. The molecule has 0 saturated carbocycles. The zero-order valence-corrected chi connectivity index (χ0v) is 18.0. The van der Waals surface area contributed by atoms with Crippen LogP contribution in [-0.2, 0) is 15.9 Å². The van der Waals surface area contributed by atoms with E-state index in [-0.39, 0.29) is 17.5 Å². The molecule has 4 rings (SSSR count). The Morgan fingerprint density at radius 1 is 1.12 bits per heavy atom. The Labute approximate surface area is 192 Å². The third kappa shape index (κ3) is 4.40. The summed E-state index contributed by atoms with van der Waals surface area (Å²) in [4.78, 5) is 50.3. The number of hydrogen-bond donors (Lipinski definition) is 2. The first kappa shape index (κ1) is 23.1. The normalized spacial score (nSPS) is 24.0. The first-order valence-corrected chi connectivity index (χ1v) is 10.4. The SMILES string of the molecule is C[C@@]1(F)[C@H](OC(=O)c2ccccc2)[C@@H](Cc2ccccc2C(=O)O)O[C@H]1n1ccc(=O)[nH]c1=O. The number of nitrogens with one attached hydrogen (secondary N) is 1. The number of aromatic amines is 1. The van der Waals surface area contributed by atoms with E-state index >= 15 is 4.39 Å². The van der Waals surface area contributed by atoms with E-state index in [9.17, 15) is 24.3 Å². The Balaban J connectivity index is 1.73. The number of aromatic carboxylic acids is 1. The average molecular weight is 468 g/mol. The summed E-state index contributed by atoms with van der Waals surface area (Å²) in [5, 5.41) is 9.52. The van der Waals surface area contributed by atoms with E-state index < -0.39 is 47.3 Å². The number of carboxylic acid groups (broad SMARTS) is 1. The van der Waals surface area contributed by atoms with Crippen LogP contribution in [0, 0.1) is 0 Å². The maximum absolute atomic E-state index is 16.2. The third-order valence-electron chi connectivity index (χ3n) is 5.70. The highest BCUT2D eigenvalue weighted by Crippen LogP contribution is 2.43. The number of aromatic nitrogens is 2. The maximum Gasteiger partial charge on any atom is 0.338 e. The zero-order chi connectivity index (χ0) is 24.5. The topological polar surface area (TPSA) is 128 Å². The fourth-order valence-corrected chi connectivity index (χ4v) is 4.05. The van der Waals surface area contributed by atoms with E-state index in [4.69, 9.17) is 9.47 Å². The summed E-state index contributed by atoms with van der Waals surface area (Å²) in [5.41, 5.74) is -3.46. The number of carbonyl (C=O) groups excluding carboxylic acids is 1. The van der Waals surface area contributed by atoms with Gasteiger partial charge >= 0.3 is 17.6 Å². The number of rotatable bonds is 6. The molecular weight excluding hydrogens is 447 g/mol. The van der Waals surface area contributed by atoms with E-state index in [1.807, 2.05) is 4.98 Å². The van der Waals surface area contributed by atoms with Gasteiger partial charge in [0.25, 0.3) is 5.56 Å². The number of benzene rings is 2. The summed E-state index contributed by atoms with van der Waals surface area (Å²) in [6.45, 7) is 1.13. The predicted octanol–water partition coefficient (Wildman–Crippen LogP) is 2.33. The fraction of sp³-hybridized carbons (Fsp3) is 0.250. The number of hydrogen-bond acceptors (Lipinski definition) is 6. The lowest BCUT2D eigenvalue weighted by Crippen LogP contribution is -2.45. The highest BCUT2D eigenvalue weighted by Gasteiger charge is 2.58. The molecule has 9 nitrogen and oxygen atoms in total. The standard InChI is InChI=1S/C24H21FN2O7/c1-24(25)19(34-21(31)14-7-3-2-4-8-14)17(13-15-9-5-6-10-16(15)20(29)30)33-22(24)27-12-11-18(28)26-23(27)32/h2-12,17,19,22H,13H2,1H3,(H,29,30)(H,26,28,32)/t17-,19-,22-,24-/m1/s1. The van der Waals surface area contributed by atoms with E-state index in [1.165, 1.54) is 18.2 Å². The molecule has 176 valence electrons. The van der Waals surface area contributed by atoms with Crippen molar-refractivity contribution in [2.75, 3.05) is 0 Å². The van der Waals surface area contributed by atoms with Gasteiger partial charge in [0.05, 0.1) is 11.1 Å². The van der Waals surface area contributed by atoms with Gasteiger partial charge in [0, 0.05) is 18.7 Å². The molecule has 0 spiro atoms. The molecule has 0 amide bonds. The minimum absolute atomic E-state index is 0.00976. The van der Waals surface area contributed by atoms with Gasteiger partial charge < -0.3 is 14.6 Å². The van der Waals surface area contributed by atoms with Gasteiger partial charge in [-0.2, -0.15) is 0 Å². The maximum atomic E-state index is 16.2. The van der Waals surface area contributed by atoms with Gasteiger partial charge in [-0.05, 0) is 30.7 Å². The van der Waals surface area contributed by atoms with E-state index in [0.717, 1.165) is 23.8 Å². The minimum atomic E-state index is -2.41. The number of alkyl halides is 1. The van der Waals surface area contributed by atoms with E-state index in [0.29, 0.717) is 5.56 Å². The van der Waals surface area contributed by atoms with Gasteiger partial charge in [0.2, 0.25) is 0 Å². The van der Waals surface area contributed by atoms with Gasteiger partial charge in [-0.25, -0.2) is 18.8 Å². The van der Waals surface area contributed by atoms with Crippen molar-refractivity contribution in [3.63, 3.8) is 0 Å². The van der Waals surface area contributed by atoms with Crippen LogP contribution in [0.15, 0.2) is 76.4 Å². The molecule has 4 atom stereocenters. The monoisotopic (exact) mass is 468 g/mol. The van der Waals surface area contributed by atoms with Gasteiger partial charge in [-0.15, -0.1) is 0 Å². The number of halogens is 1. The van der Waals surface area contributed by atoms with Gasteiger partial charge in [-0.3, -0.25) is 14.3 Å². The molecule has 34 heavy (non-hydrogen) atoms. The Morgan fingerprint density at radius 3 is 2.47 bits per heavy atom. The molecule has 1 aliphatic rings. The second kappa shape index (κ2) is 9.06. The largest absolute Gasteiger partial charge is 0.478 e. The molecule has 1 saturated heterocycles. The van der Waals surface area contributed by atoms with Crippen molar-refractivity contribution < 1.29 is 28.6 Å². The summed E-state index contributed by atoms with van der Waals surface area (Å²) in [7, 11) is 0. The molecule has 0 aliphatic carbocycles. The third-order valence-corrected chi connectivity index (χ3v) is 5.70. The van der Waals surface area contributed by atoms with Crippen LogP contribution in [0.4, 0.5) is 4.39 Å². The highest BCUT2D eigenvalue weighted by molar-refractivity contribution is 5.90. The smallest absolute Gasteiger partial charge is 0.338 e. The molecular formula is C24H21FN2O7. The summed E-state index contributed by atoms with van der Waals surface area (Å²) in [6, 6.07) is 15.1. The Bertz CT molecular complexity index is 1330. The minimum Gasteiger partial charge on any atom is -0.478 e.